The fraction of sp³-hybridized carbons (Fsp3) is 0.304. The van der Waals surface area contributed by atoms with E-state index in [1.165, 1.54) is 28.1 Å². The molecule has 0 aliphatic carbocycles. The molecule has 4 aromatic rings. The number of hydrogen-bond acceptors (Lipinski definition) is 3. The highest BCUT2D eigenvalue weighted by molar-refractivity contribution is 5.45. The van der Waals surface area contributed by atoms with Crippen molar-refractivity contribution < 1.29 is 0 Å². The Kier molecular flexibility index (Phi) is 4.77. The maximum absolute atomic E-state index is 4.72. The van der Waals surface area contributed by atoms with Crippen molar-refractivity contribution in [3.05, 3.63) is 82.6 Å². The standard InChI is InChI=1S/C23H27N5/c1-15-9-10-16(2)22(11-15)28-19(5)21(13-25-28)18(4)24-12-20-14-27-17(3)7-6-8-23(27)26-20/h6-11,13-14,18,24H,12H2,1-5H3. The zero-order valence-corrected chi connectivity index (χ0v) is 17.2. The van der Waals surface area contributed by atoms with Gasteiger partial charge >= 0.3 is 0 Å². The van der Waals surface area contributed by atoms with E-state index in [0.717, 1.165) is 23.6 Å². The molecule has 0 spiro atoms. The Morgan fingerprint density at radius 1 is 1.07 bits per heavy atom. The average molecular weight is 374 g/mol. The van der Waals surface area contributed by atoms with E-state index in [2.05, 4.69) is 79.9 Å². The summed E-state index contributed by atoms with van der Waals surface area (Å²) in [6.07, 6.45) is 4.08. The lowest BCUT2D eigenvalue weighted by Crippen LogP contribution is -2.19. The highest BCUT2D eigenvalue weighted by Crippen LogP contribution is 2.23. The Morgan fingerprint density at radius 2 is 1.89 bits per heavy atom. The number of benzene rings is 1. The summed E-state index contributed by atoms with van der Waals surface area (Å²) in [7, 11) is 0. The first-order valence-electron chi connectivity index (χ1n) is 9.73. The zero-order valence-electron chi connectivity index (χ0n) is 17.2. The van der Waals surface area contributed by atoms with Gasteiger partial charge in [0.1, 0.15) is 5.65 Å². The summed E-state index contributed by atoms with van der Waals surface area (Å²) in [6.45, 7) is 11.4. The summed E-state index contributed by atoms with van der Waals surface area (Å²) in [6, 6.07) is 12.8. The molecule has 5 heteroatoms. The van der Waals surface area contributed by atoms with E-state index in [0.29, 0.717) is 0 Å². The maximum atomic E-state index is 4.72. The Balaban J connectivity index is 1.53. The van der Waals surface area contributed by atoms with Crippen LogP contribution >= 0.6 is 0 Å². The van der Waals surface area contributed by atoms with E-state index in [1.807, 2.05) is 23.0 Å². The molecule has 0 fully saturated rings. The molecule has 3 heterocycles. The van der Waals surface area contributed by atoms with Crippen LogP contribution in [0.15, 0.2) is 48.8 Å². The lowest BCUT2D eigenvalue weighted by Gasteiger charge is -2.14. The van der Waals surface area contributed by atoms with Crippen molar-refractivity contribution in [1.82, 2.24) is 24.5 Å². The third-order valence-electron chi connectivity index (χ3n) is 5.44. The number of aromatic nitrogens is 4. The molecule has 1 N–H and O–H groups in total. The molecule has 0 radical (unpaired) electrons. The Labute approximate surface area is 166 Å². The number of nitrogens with zero attached hydrogens (tertiary/aromatic N) is 4. The minimum Gasteiger partial charge on any atom is -0.304 e. The summed E-state index contributed by atoms with van der Waals surface area (Å²) in [5.41, 5.74) is 9.21. The van der Waals surface area contributed by atoms with Crippen LogP contribution in [0.4, 0.5) is 0 Å². The number of rotatable bonds is 5. The van der Waals surface area contributed by atoms with Crippen LogP contribution in [0.25, 0.3) is 11.3 Å². The van der Waals surface area contributed by atoms with Crippen LogP contribution in [-0.4, -0.2) is 19.2 Å². The molecule has 4 rings (SSSR count). The van der Waals surface area contributed by atoms with Crippen LogP contribution in [0.3, 0.4) is 0 Å². The van der Waals surface area contributed by atoms with Gasteiger partial charge in [-0.05, 0) is 63.9 Å². The Morgan fingerprint density at radius 3 is 2.68 bits per heavy atom. The molecule has 0 aliphatic rings. The van der Waals surface area contributed by atoms with Crippen molar-refractivity contribution in [1.29, 1.82) is 0 Å². The number of imidazole rings is 1. The number of hydrogen-bond donors (Lipinski definition) is 1. The summed E-state index contributed by atoms with van der Waals surface area (Å²) < 4.78 is 4.18. The van der Waals surface area contributed by atoms with Gasteiger partial charge in [0.2, 0.25) is 0 Å². The molecule has 0 aliphatic heterocycles. The first kappa shape index (κ1) is 18.4. The van der Waals surface area contributed by atoms with E-state index in [4.69, 9.17) is 4.98 Å². The van der Waals surface area contributed by atoms with Crippen LogP contribution in [-0.2, 0) is 6.54 Å². The first-order valence-corrected chi connectivity index (χ1v) is 9.73. The average Bonchev–Trinajstić information content (AvgIpc) is 3.26. The number of fused-ring (bicyclic) bond motifs is 1. The van der Waals surface area contributed by atoms with E-state index >= 15 is 0 Å². The molecule has 1 aromatic carbocycles. The molecule has 1 unspecified atom stereocenters. The SMILES string of the molecule is Cc1ccc(C)c(-n2ncc(C(C)NCc3cn4c(C)cccc4n3)c2C)c1. The van der Waals surface area contributed by atoms with Gasteiger partial charge in [-0.3, -0.25) is 0 Å². The lowest BCUT2D eigenvalue weighted by atomic mass is 10.1. The molecule has 0 bridgehead atoms. The summed E-state index contributed by atoms with van der Waals surface area (Å²) in [4.78, 5) is 4.72. The van der Waals surface area contributed by atoms with Gasteiger partial charge in [0.05, 0.1) is 17.6 Å². The molecule has 3 aromatic heterocycles. The zero-order chi connectivity index (χ0) is 19.8. The van der Waals surface area contributed by atoms with Gasteiger partial charge in [0.15, 0.2) is 0 Å². The van der Waals surface area contributed by atoms with Crippen molar-refractivity contribution in [2.75, 3.05) is 0 Å². The van der Waals surface area contributed by atoms with Crippen LogP contribution in [0.5, 0.6) is 0 Å². The molecule has 0 amide bonds. The van der Waals surface area contributed by atoms with Gasteiger partial charge in [-0.15, -0.1) is 0 Å². The van der Waals surface area contributed by atoms with Crippen LogP contribution in [0, 0.1) is 27.7 Å². The van der Waals surface area contributed by atoms with Gasteiger partial charge in [-0.25, -0.2) is 9.67 Å². The van der Waals surface area contributed by atoms with Gasteiger partial charge < -0.3 is 9.72 Å². The van der Waals surface area contributed by atoms with Crippen LogP contribution in [0.1, 0.15) is 46.7 Å². The van der Waals surface area contributed by atoms with Crippen molar-refractivity contribution in [2.45, 2.75) is 47.2 Å². The van der Waals surface area contributed by atoms with E-state index in [9.17, 15) is 0 Å². The minimum atomic E-state index is 0.185. The van der Waals surface area contributed by atoms with Crippen molar-refractivity contribution in [3.63, 3.8) is 0 Å². The van der Waals surface area contributed by atoms with Crippen LogP contribution in [0.2, 0.25) is 0 Å². The molecule has 0 saturated carbocycles. The second-order valence-electron chi connectivity index (χ2n) is 7.62. The molecule has 0 saturated heterocycles. The van der Waals surface area contributed by atoms with Crippen molar-refractivity contribution in [2.24, 2.45) is 0 Å². The number of pyridine rings is 1. The molecule has 5 nitrogen and oxygen atoms in total. The number of nitrogens with one attached hydrogen (secondary N) is 1. The van der Waals surface area contributed by atoms with Gasteiger partial charge in [-0.1, -0.05) is 18.2 Å². The Hall–Kier alpha value is -2.92. The third kappa shape index (κ3) is 3.34. The van der Waals surface area contributed by atoms with Crippen LogP contribution < -0.4 is 5.32 Å². The lowest BCUT2D eigenvalue weighted by molar-refractivity contribution is 0.566. The first-order chi connectivity index (χ1) is 13.4. The largest absolute Gasteiger partial charge is 0.304 e. The predicted molar refractivity (Wildman–Crippen MR) is 113 cm³/mol. The van der Waals surface area contributed by atoms with Gasteiger partial charge in [-0.2, -0.15) is 5.10 Å². The second kappa shape index (κ2) is 7.24. The van der Waals surface area contributed by atoms with Crippen molar-refractivity contribution >= 4 is 5.65 Å². The topological polar surface area (TPSA) is 47.2 Å². The Bertz CT molecular complexity index is 1140. The predicted octanol–water partition coefficient (Wildman–Crippen LogP) is 4.60. The van der Waals surface area contributed by atoms with E-state index in [1.54, 1.807) is 0 Å². The summed E-state index contributed by atoms with van der Waals surface area (Å²) in [5.74, 6) is 0. The fourth-order valence-electron chi connectivity index (χ4n) is 3.69. The molecule has 1 atom stereocenters. The molecular formula is C23H27N5. The monoisotopic (exact) mass is 373 g/mol. The third-order valence-corrected chi connectivity index (χ3v) is 5.44. The summed E-state index contributed by atoms with van der Waals surface area (Å²) >= 11 is 0. The second-order valence-corrected chi connectivity index (χ2v) is 7.62. The van der Waals surface area contributed by atoms with Gasteiger partial charge in [0.25, 0.3) is 0 Å². The highest BCUT2D eigenvalue weighted by Gasteiger charge is 2.15. The smallest absolute Gasteiger partial charge is 0.137 e. The van der Waals surface area contributed by atoms with Crippen molar-refractivity contribution in [3.8, 4) is 5.69 Å². The number of aryl methyl sites for hydroxylation is 3. The maximum Gasteiger partial charge on any atom is 0.137 e. The fourth-order valence-corrected chi connectivity index (χ4v) is 3.69. The van der Waals surface area contributed by atoms with Gasteiger partial charge in [0, 0.05) is 35.7 Å². The molecule has 144 valence electrons. The molecule has 28 heavy (non-hydrogen) atoms. The van der Waals surface area contributed by atoms with E-state index < -0.39 is 0 Å². The quantitative estimate of drug-likeness (QED) is 0.556. The highest BCUT2D eigenvalue weighted by atomic mass is 15.3. The minimum absolute atomic E-state index is 0.185. The van der Waals surface area contributed by atoms with E-state index in [-0.39, 0.29) is 6.04 Å². The normalized spacial score (nSPS) is 12.6. The summed E-state index contributed by atoms with van der Waals surface area (Å²) in [5, 5.41) is 8.27. The molecular weight excluding hydrogens is 346 g/mol.